The Morgan fingerprint density at radius 3 is 2.60 bits per heavy atom. The lowest BCUT2D eigenvalue weighted by Gasteiger charge is -2.27. The highest BCUT2D eigenvalue weighted by molar-refractivity contribution is 7.07. The number of aromatic nitrogens is 2. The minimum atomic E-state index is -0.829. The molecule has 0 unspecified atom stereocenters. The molecule has 1 aliphatic rings. The van der Waals surface area contributed by atoms with Crippen molar-refractivity contribution >= 4 is 45.9 Å². The molecular formula is C34H30ClN3O4S. The molecule has 6 rings (SSSR count). The Bertz CT molecular complexity index is 2060. The summed E-state index contributed by atoms with van der Waals surface area (Å²) in [6, 6.07) is 22.4. The molecule has 0 fully saturated rings. The molecule has 0 saturated carbocycles. The number of methoxy groups -OCH3 is 1. The second-order valence-electron chi connectivity index (χ2n) is 10.1. The monoisotopic (exact) mass is 611 g/mol. The van der Waals surface area contributed by atoms with E-state index in [1.165, 1.54) is 11.3 Å². The summed E-state index contributed by atoms with van der Waals surface area (Å²) in [6.07, 6.45) is 3.22. The zero-order chi connectivity index (χ0) is 30.1. The fourth-order valence-corrected chi connectivity index (χ4v) is 6.79. The molecule has 1 atom stereocenters. The number of halogens is 1. The van der Waals surface area contributed by atoms with E-state index in [1.54, 1.807) is 36.8 Å². The van der Waals surface area contributed by atoms with Gasteiger partial charge in [-0.2, -0.15) is 0 Å². The van der Waals surface area contributed by atoms with Gasteiger partial charge in [-0.3, -0.25) is 9.36 Å². The Kier molecular flexibility index (Phi) is 8.06. The van der Waals surface area contributed by atoms with E-state index in [2.05, 4.69) is 4.98 Å². The summed E-state index contributed by atoms with van der Waals surface area (Å²) in [4.78, 5) is 36.9. The maximum absolute atomic E-state index is 14.4. The molecule has 218 valence electrons. The number of rotatable bonds is 8. The first-order valence-electron chi connectivity index (χ1n) is 14.2. The van der Waals surface area contributed by atoms with Gasteiger partial charge in [0.1, 0.15) is 11.8 Å². The van der Waals surface area contributed by atoms with Crippen LogP contribution in [0.25, 0.3) is 28.2 Å². The first-order valence-corrected chi connectivity index (χ1v) is 15.4. The molecule has 0 aliphatic carbocycles. The van der Waals surface area contributed by atoms with Gasteiger partial charge in [-0.1, -0.05) is 84.8 Å². The highest BCUT2D eigenvalue weighted by Gasteiger charge is 2.36. The van der Waals surface area contributed by atoms with Crippen molar-refractivity contribution in [1.82, 2.24) is 9.55 Å². The van der Waals surface area contributed by atoms with E-state index in [9.17, 15) is 9.59 Å². The number of allylic oxidation sites excluding steroid dienone is 1. The maximum atomic E-state index is 14.4. The molecule has 43 heavy (non-hydrogen) atoms. The highest BCUT2D eigenvalue weighted by Crippen LogP contribution is 2.38. The van der Waals surface area contributed by atoms with E-state index >= 15 is 0 Å². The van der Waals surface area contributed by atoms with Crippen LogP contribution in [0.3, 0.4) is 0 Å². The average molecular weight is 612 g/mol. The highest BCUT2D eigenvalue weighted by atomic mass is 35.5. The first kappa shape index (κ1) is 28.7. The van der Waals surface area contributed by atoms with Gasteiger partial charge in [0, 0.05) is 27.1 Å². The first-order chi connectivity index (χ1) is 20.9. The number of hydrogen-bond donors (Lipinski definition) is 1. The predicted molar refractivity (Wildman–Crippen MR) is 171 cm³/mol. The number of esters is 1. The number of hydrogen-bond acceptors (Lipinski definition) is 6. The number of para-hydroxylation sites is 1. The molecule has 0 spiro atoms. The predicted octanol–water partition coefficient (Wildman–Crippen LogP) is 6.39. The number of fused-ring (bicyclic) bond motifs is 2. The lowest BCUT2D eigenvalue weighted by molar-refractivity contribution is -0.139. The number of thiazole rings is 1. The van der Waals surface area contributed by atoms with Gasteiger partial charge >= 0.3 is 5.97 Å². The topological polar surface area (TPSA) is 85.7 Å². The van der Waals surface area contributed by atoms with Crippen molar-refractivity contribution in [3.05, 3.63) is 120 Å². The molecule has 0 bridgehead atoms. The van der Waals surface area contributed by atoms with Crippen LogP contribution in [0.4, 0.5) is 0 Å². The van der Waals surface area contributed by atoms with Crippen LogP contribution in [0.15, 0.2) is 93.9 Å². The van der Waals surface area contributed by atoms with Gasteiger partial charge in [0.2, 0.25) is 0 Å². The third kappa shape index (κ3) is 5.21. The summed E-state index contributed by atoms with van der Waals surface area (Å²) in [6.45, 7) is 3.97. The van der Waals surface area contributed by atoms with E-state index in [1.807, 2.05) is 67.6 Å². The van der Waals surface area contributed by atoms with E-state index in [-0.39, 0.29) is 12.2 Å². The van der Waals surface area contributed by atoms with Crippen molar-refractivity contribution in [3.63, 3.8) is 0 Å². The van der Waals surface area contributed by atoms with Crippen LogP contribution in [-0.4, -0.2) is 29.2 Å². The fourth-order valence-electron chi connectivity index (χ4n) is 5.61. The summed E-state index contributed by atoms with van der Waals surface area (Å²) < 4.78 is 13.3. The summed E-state index contributed by atoms with van der Waals surface area (Å²) in [5, 5.41) is 1.46. The second kappa shape index (κ2) is 12.1. The number of benzene rings is 3. The van der Waals surface area contributed by atoms with Crippen LogP contribution in [0.1, 0.15) is 43.9 Å². The van der Waals surface area contributed by atoms with Crippen LogP contribution < -0.4 is 19.6 Å². The lowest BCUT2D eigenvalue weighted by atomic mass is 9.93. The standard InChI is InChI=1S/C34H30ClN3O4S/c1-4-11-26-29(33(40)42-5-2)31(24-18-21(35)16-17-27(24)41-3)38-32(39)28(43-34(38)37-26)19-23-22-14-9-10-15-25(22)36-30(23)20-12-7-6-8-13-20/h6-10,12-19,31,36H,4-5,11H2,1-3H3/b28-19+/t31-/m0/s1. The quantitative estimate of drug-likeness (QED) is 0.206. The Morgan fingerprint density at radius 1 is 1.09 bits per heavy atom. The summed E-state index contributed by atoms with van der Waals surface area (Å²) in [5.74, 6) is -0.00878. The average Bonchev–Trinajstić information content (AvgIpc) is 3.54. The number of ether oxygens (including phenoxy) is 2. The molecule has 2 aromatic heterocycles. The van der Waals surface area contributed by atoms with Gasteiger partial charge in [0.05, 0.1) is 35.2 Å². The number of nitrogens with zero attached hydrogens (tertiary/aromatic N) is 2. The third-order valence-corrected chi connectivity index (χ3v) is 8.68. The van der Waals surface area contributed by atoms with E-state index in [0.29, 0.717) is 43.4 Å². The van der Waals surface area contributed by atoms with Crippen molar-refractivity contribution in [2.75, 3.05) is 13.7 Å². The molecule has 1 aliphatic heterocycles. The van der Waals surface area contributed by atoms with Gasteiger partial charge in [0.15, 0.2) is 4.80 Å². The van der Waals surface area contributed by atoms with Crippen molar-refractivity contribution in [2.24, 2.45) is 4.99 Å². The summed E-state index contributed by atoms with van der Waals surface area (Å²) in [5.41, 5.74) is 5.04. The van der Waals surface area contributed by atoms with Gasteiger partial charge in [-0.05, 0) is 49.2 Å². The Labute approximate surface area is 257 Å². The van der Waals surface area contributed by atoms with Crippen LogP contribution in [0, 0.1) is 0 Å². The van der Waals surface area contributed by atoms with Gasteiger partial charge in [-0.15, -0.1) is 0 Å². The largest absolute Gasteiger partial charge is 0.496 e. The number of H-pyrrole nitrogens is 1. The molecule has 9 heteroatoms. The Balaban J connectivity index is 1.66. The van der Waals surface area contributed by atoms with E-state index in [0.717, 1.165) is 34.1 Å². The van der Waals surface area contributed by atoms with Crippen molar-refractivity contribution < 1.29 is 14.3 Å². The minimum absolute atomic E-state index is 0.189. The third-order valence-electron chi connectivity index (χ3n) is 7.46. The van der Waals surface area contributed by atoms with Crippen molar-refractivity contribution in [1.29, 1.82) is 0 Å². The molecule has 0 amide bonds. The maximum Gasteiger partial charge on any atom is 0.338 e. The van der Waals surface area contributed by atoms with Gasteiger partial charge in [0.25, 0.3) is 5.56 Å². The molecular weight excluding hydrogens is 582 g/mol. The number of nitrogens with one attached hydrogen (secondary N) is 1. The van der Waals surface area contributed by atoms with Gasteiger partial charge in [-0.25, -0.2) is 9.79 Å². The Hall–Kier alpha value is -4.40. The summed E-state index contributed by atoms with van der Waals surface area (Å²) >= 11 is 7.77. The van der Waals surface area contributed by atoms with Crippen LogP contribution >= 0.6 is 22.9 Å². The van der Waals surface area contributed by atoms with Gasteiger partial charge < -0.3 is 14.5 Å². The molecule has 0 radical (unpaired) electrons. The molecule has 3 heterocycles. The van der Waals surface area contributed by atoms with Crippen molar-refractivity contribution in [3.8, 4) is 17.0 Å². The molecule has 5 aromatic rings. The molecule has 1 N–H and O–H groups in total. The smallest absolute Gasteiger partial charge is 0.338 e. The van der Waals surface area contributed by atoms with Crippen molar-refractivity contribution in [2.45, 2.75) is 32.7 Å². The fraction of sp³-hybridized carbons (Fsp3) is 0.206. The number of aromatic amines is 1. The zero-order valence-electron chi connectivity index (χ0n) is 24.0. The molecule has 7 nitrogen and oxygen atoms in total. The second-order valence-corrected chi connectivity index (χ2v) is 11.6. The van der Waals surface area contributed by atoms with Crippen LogP contribution in [0.2, 0.25) is 5.02 Å². The lowest BCUT2D eigenvalue weighted by Crippen LogP contribution is -2.40. The number of carbonyl (C=O) groups is 1. The normalized spacial score (nSPS) is 15.0. The zero-order valence-corrected chi connectivity index (χ0v) is 25.6. The minimum Gasteiger partial charge on any atom is -0.496 e. The van der Waals surface area contributed by atoms with E-state index < -0.39 is 12.0 Å². The SMILES string of the molecule is CCCC1=C(C(=O)OCC)[C@H](c2cc(Cl)ccc2OC)n2c(s/c(=C/c3c(-c4ccccc4)[nH]c4ccccc34)c2=O)=N1. The van der Waals surface area contributed by atoms with E-state index in [4.69, 9.17) is 26.1 Å². The Morgan fingerprint density at radius 2 is 1.86 bits per heavy atom. The summed E-state index contributed by atoms with van der Waals surface area (Å²) in [7, 11) is 1.55. The molecule has 3 aromatic carbocycles. The van der Waals surface area contributed by atoms with Crippen LogP contribution in [-0.2, 0) is 9.53 Å². The number of carbonyl (C=O) groups excluding carboxylic acids is 1. The van der Waals surface area contributed by atoms with Crippen LogP contribution in [0.5, 0.6) is 5.75 Å². The molecule has 0 saturated heterocycles.